The number of benzene rings is 3. The molecule has 8 rings (SSSR count). The Morgan fingerprint density at radius 3 is 2.53 bits per heavy atom. The number of pyridine rings is 1. The van der Waals surface area contributed by atoms with Gasteiger partial charge in [0, 0.05) is 48.9 Å². The summed E-state index contributed by atoms with van der Waals surface area (Å²) < 4.78 is 32.5. The molecule has 6 atom stereocenters. The number of aliphatic hydroxyl groups is 2. The lowest BCUT2D eigenvalue weighted by Crippen LogP contribution is -2.70. The minimum absolute atomic E-state index is 0.0288. The van der Waals surface area contributed by atoms with Crippen molar-refractivity contribution in [3.05, 3.63) is 137 Å². The zero-order chi connectivity index (χ0) is 44.6. The van der Waals surface area contributed by atoms with Gasteiger partial charge >= 0.3 is 0 Å². The van der Waals surface area contributed by atoms with Crippen molar-refractivity contribution in [3.63, 3.8) is 0 Å². The smallest absolute Gasteiger partial charge is 0.254 e. The molecular formula is C51H56N4O9. The van der Waals surface area contributed by atoms with Gasteiger partial charge in [-0.15, -0.1) is 6.58 Å². The number of carbonyl (C=O) groups excluding carboxylic acids is 1. The van der Waals surface area contributed by atoms with E-state index in [1.165, 1.54) is 7.11 Å². The molecule has 334 valence electrons. The molecule has 1 fully saturated rings. The number of nitriles is 1. The molecule has 13 heteroatoms. The number of hydrogen-bond acceptors (Lipinski definition) is 12. The number of nitrogens with zero attached hydrogens (tertiary/aromatic N) is 4. The Balaban J connectivity index is 1.32. The van der Waals surface area contributed by atoms with E-state index >= 15 is 4.79 Å². The molecule has 1 amide bonds. The molecule has 4 aliphatic rings. The maximum Gasteiger partial charge on any atom is 0.254 e. The lowest BCUT2D eigenvalue weighted by Gasteiger charge is -2.60. The molecule has 64 heavy (non-hydrogen) atoms. The molecular weight excluding hydrogens is 813 g/mol. The SMILES string of the molecule is C=CCOC12Oc3ccc(OCc4cccc(C)n4)cc3C3C(CCCCO)C(CCCCO)C=C(C(=NOC)CC1N(Cc1ccc4c(c1)OCO4)C(=O)c1ccc(C#N)cc1)C32. The van der Waals surface area contributed by atoms with Crippen molar-refractivity contribution in [2.24, 2.45) is 22.9 Å². The normalized spacial score (nSPS) is 23.2. The van der Waals surface area contributed by atoms with Gasteiger partial charge in [-0.25, -0.2) is 0 Å². The van der Waals surface area contributed by atoms with Crippen LogP contribution in [0.5, 0.6) is 23.0 Å². The summed E-state index contributed by atoms with van der Waals surface area (Å²) in [6.45, 7) is 6.81. The van der Waals surface area contributed by atoms with Gasteiger partial charge in [0.25, 0.3) is 5.91 Å². The largest absolute Gasteiger partial charge is 0.487 e. The molecule has 0 bridgehead atoms. The van der Waals surface area contributed by atoms with Crippen LogP contribution >= 0.6 is 0 Å². The number of aromatic nitrogens is 1. The number of allylic oxidation sites excluding steroid dienone is 1. The summed E-state index contributed by atoms with van der Waals surface area (Å²) in [7, 11) is 1.53. The molecule has 2 aliphatic carbocycles. The van der Waals surface area contributed by atoms with Crippen LogP contribution in [0.2, 0.25) is 0 Å². The number of rotatable bonds is 19. The predicted molar refractivity (Wildman–Crippen MR) is 239 cm³/mol. The van der Waals surface area contributed by atoms with Crippen LogP contribution in [0.25, 0.3) is 0 Å². The Morgan fingerprint density at radius 1 is 1.00 bits per heavy atom. The monoisotopic (exact) mass is 868 g/mol. The van der Waals surface area contributed by atoms with Crippen LogP contribution < -0.4 is 18.9 Å². The van der Waals surface area contributed by atoms with Gasteiger partial charge in [0.05, 0.1) is 35.6 Å². The molecule has 4 aromatic rings. The number of amides is 1. The molecule has 1 saturated carbocycles. The van der Waals surface area contributed by atoms with E-state index in [9.17, 15) is 15.5 Å². The summed E-state index contributed by atoms with van der Waals surface area (Å²) in [4.78, 5) is 27.4. The maximum atomic E-state index is 15.3. The second kappa shape index (κ2) is 20.1. The minimum atomic E-state index is -1.48. The number of carbonyl (C=O) groups is 1. The van der Waals surface area contributed by atoms with Crippen LogP contribution in [0, 0.1) is 36.0 Å². The average molecular weight is 869 g/mol. The molecule has 2 N–H and O–H groups in total. The van der Waals surface area contributed by atoms with E-state index in [-0.39, 0.29) is 69.8 Å². The van der Waals surface area contributed by atoms with Crippen LogP contribution in [0.3, 0.4) is 0 Å². The first-order chi connectivity index (χ1) is 31.3. The number of fused-ring (bicyclic) bond motifs is 3. The highest BCUT2D eigenvalue weighted by atomic mass is 16.7. The fraction of sp³-hybridized carbons (Fsp3) is 0.412. The fourth-order valence-electron chi connectivity index (χ4n) is 10.1. The predicted octanol–water partition coefficient (Wildman–Crippen LogP) is 8.18. The Labute approximate surface area is 374 Å². The maximum absolute atomic E-state index is 15.3. The highest BCUT2D eigenvalue weighted by molar-refractivity contribution is 6.03. The third-order valence-electron chi connectivity index (χ3n) is 12.9. The quantitative estimate of drug-likeness (QED) is 0.0531. The van der Waals surface area contributed by atoms with Gasteiger partial charge in [-0.1, -0.05) is 42.3 Å². The Morgan fingerprint density at radius 2 is 1.78 bits per heavy atom. The lowest BCUT2D eigenvalue weighted by molar-refractivity contribution is -0.255. The summed E-state index contributed by atoms with van der Waals surface area (Å²) in [5.41, 5.74) is 5.88. The van der Waals surface area contributed by atoms with Crippen molar-refractivity contribution in [1.82, 2.24) is 9.88 Å². The van der Waals surface area contributed by atoms with E-state index in [0.717, 1.165) is 53.8 Å². The first-order valence-corrected chi connectivity index (χ1v) is 22.2. The number of aryl methyl sites for hydroxylation is 1. The minimum Gasteiger partial charge on any atom is -0.487 e. The first kappa shape index (κ1) is 44.4. The highest BCUT2D eigenvalue weighted by Gasteiger charge is 2.65. The van der Waals surface area contributed by atoms with Gasteiger partial charge < -0.3 is 43.6 Å². The zero-order valence-corrected chi connectivity index (χ0v) is 36.5. The third kappa shape index (κ3) is 9.09. The number of oxime groups is 1. The van der Waals surface area contributed by atoms with Gasteiger partial charge in [0.1, 0.15) is 31.3 Å². The standard InChI is InChI=1S/C51H56N4O9/c1-4-24-63-51-47(55(50(58)36-17-14-34(29-52)15-18-36)30-35-16-20-45-46(25-35)62-32-61-45)28-43(54-59-3)41-26-37(11-5-7-22-56)40(13-6-8-23-57)48(49(41)51)42-27-39(19-21-44(42)64-51)60-31-38-12-9-10-33(2)53-38/h4,9-10,12,14-21,25-27,37,40,47-49,56-57H,1,5-8,11,13,22-24,28,30-32H2,2-3H3. The van der Waals surface area contributed by atoms with Crippen LogP contribution in [0.15, 0.2) is 108 Å². The van der Waals surface area contributed by atoms with Crippen molar-refractivity contribution in [1.29, 1.82) is 5.26 Å². The summed E-state index contributed by atoms with van der Waals surface area (Å²) >= 11 is 0. The van der Waals surface area contributed by atoms with Gasteiger partial charge in [0.15, 0.2) is 11.5 Å². The topological polar surface area (TPSA) is 165 Å². The summed E-state index contributed by atoms with van der Waals surface area (Å²) in [5.74, 6) is 0.0356. The van der Waals surface area contributed by atoms with Crippen LogP contribution in [0.4, 0.5) is 0 Å². The van der Waals surface area contributed by atoms with Crippen LogP contribution in [-0.4, -0.2) is 77.3 Å². The molecule has 0 radical (unpaired) electrons. The first-order valence-electron chi connectivity index (χ1n) is 22.2. The fourth-order valence-corrected chi connectivity index (χ4v) is 10.1. The summed E-state index contributed by atoms with van der Waals surface area (Å²) in [6.07, 6.45) is 8.74. The molecule has 6 unspecified atom stereocenters. The van der Waals surface area contributed by atoms with Crippen molar-refractivity contribution >= 4 is 11.6 Å². The second-order valence-electron chi connectivity index (χ2n) is 16.8. The number of ether oxygens (including phenoxy) is 5. The van der Waals surface area contributed by atoms with Crippen molar-refractivity contribution in [3.8, 4) is 29.1 Å². The Kier molecular flexibility index (Phi) is 13.9. The molecule has 3 heterocycles. The zero-order valence-electron chi connectivity index (χ0n) is 36.5. The number of hydrogen-bond donors (Lipinski definition) is 2. The van der Waals surface area contributed by atoms with Gasteiger partial charge in [-0.05, 0) is 122 Å². The lowest BCUT2D eigenvalue weighted by atomic mass is 9.55. The van der Waals surface area contributed by atoms with Crippen molar-refractivity contribution in [2.45, 2.75) is 82.8 Å². The summed E-state index contributed by atoms with van der Waals surface area (Å²) in [5, 5.41) is 34.3. The second-order valence-corrected chi connectivity index (χ2v) is 16.8. The van der Waals surface area contributed by atoms with E-state index in [4.69, 9.17) is 33.7 Å². The Hall–Kier alpha value is -6.20. The molecule has 2 aliphatic heterocycles. The molecule has 1 aromatic heterocycles. The van der Waals surface area contributed by atoms with E-state index in [1.54, 1.807) is 35.2 Å². The van der Waals surface area contributed by atoms with Gasteiger partial charge in [-0.2, -0.15) is 5.26 Å². The summed E-state index contributed by atoms with van der Waals surface area (Å²) in [6, 6.07) is 25.4. The number of unbranched alkanes of at least 4 members (excludes halogenated alkanes) is 2. The van der Waals surface area contributed by atoms with Crippen LogP contribution in [-0.2, 0) is 22.7 Å². The van der Waals surface area contributed by atoms with E-state index in [2.05, 4.69) is 29.8 Å². The molecule has 0 spiro atoms. The number of aliphatic hydroxyl groups excluding tert-OH is 2. The average Bonchev–Trinajstić information content (AvgIpc) is 3.79. The Bertz CT molecular complexity index is 2410. The van der Waals surface area contributed by atoms with E-state index in [0.29, 0.717) is 52.7 Å². The van der Waals surface area contributed by atoms with E-state index < -0.39 is 17.7 Å². The van der Waals surface area contributed by atoms with Crippen molar-refractivity contribution in [2.75, 3.05) is 33.7 Å². The molecule has 0 saturated heterocycles. The van der Waals surface area contributed by atoms with Crippen molar-refractivity contribution < 1.29 is 43.5 Å². The molecule has 3 aromatic carbocycles. The third-order valence-corrected chi connectivity index (χ3v) is 12.9. The molecule has 13 nitrogen and oxygen atoms in total. The van der Waals surface area contributed by atoms with Gasteiger partial charge in [-0.3, -0.25) is 9.78 Å². The van der Waals surface area contributed by atoms with E-state index in [1.807, 2.05) is 55.5 Å². The van der Waals surface area contributed by atoms with Gasteiger partial charge in [0.2, 0.25) is 12.6 Å². The highest BCUT2D eigenvalue weighted by Crippen LogP contribution is 2.62. The van der Waals surface area contributed by atoms with Crippen LogP contribution in [0.1, 0.15) is 89.3 Å².